The summed E-state index contributed by atoms with van der Waals surface area (Å²) >= 11 is 0. The van der Waals surface area contributed by atoms with Gasteiger partial charge in [-0.3, -0.25) is 9.69 Å². The lowest BCUT2D eigenvalue weighted by atomic mass is 10.1. The Bertz CT molecular complexity index is 1590. The number of carbonyl (C=O) groups is 2. The van der Waals surface area contributed by atoms with E-state index in [0.29, 0.717) is 37.2 Å². The number of amides is 2. The molecule has 3 aromatic carbocycles. The zero-order valence-electron chi connectivity index (χ0n) is 29.5. The van der Waals surface area contributed by atoms with Gasteiger partial charge in [-0.05, 0) is 87.7 Å². The minimum atomic E-state index is -0.671. The number of aliphatic imine (C=N–C) groups is 1. The standard InChI is InChI=1S/C39H50N6O5/c1-30-13-10-14-31(2)37(30)50-39(47)45(33-16-6-4-7-17-33)36-19-21-41-38(44(36)26-20-35(46)40-22-28-48-3)42-32-15-11-18-34(29-32)49-27-12-25-43-23-8-5-9-24-43/h4,6-7,10-11,13-19,21,29,36H,5,8-9,12,20,22-28H2,1-3H3,(H,40,46)(H,41,42). The number of nitrogens with one attached hydrogen (secondary N) is 2. The van der Waals surface area contributed by atoms with E-state index in [9.17, 15) is 9.59 Å². The second kappa shape index (κ2) is 18.8. The van der Waals surface area contributed by atoms with Crippen LogP contribution in [0.25, 0.3) is 0 Å². The predicted octanol–water partition coefficient (Wildman–Crippen LogP) is 6.34. The van der Waals surface area contributed by atoms with Crippen molar-refractivity contribution in [1.29, 1.82) is 0 Å². The monoisotopic (exact) mass is 682 g/mol. The van der Waals surface area contributed by atoms with Crippen LogP contribution in [0.15, 0.2) is 90.1 Å². The summed E-state index contributed by atoms with van der Waals surface area (Å²) in [5.74, 6) is 1.61. The van der Waals surface area contributed by atoms with Crippen molar-refractivity contribution in [3.63, 3.8) is 0 Å². The highest BCUT2D eigenvalue weighted by Crippen LogP contribution is 2.28. The largest absolute Gasteiger partial charge is 0.493 e. The van der Waals surface area contributed by atoms with Crippen molar-refractivity contribution >= 4 is 29.3 Å². The number of para-hydroxylation sites is 2. The van der Waals surface area contributed by atoms with Crippen LogP contribution in [0.5, 0.6) is 11.5 Å². The molecule has 5 rings (SSSR count). The molecule has 11 heteroatoms. The molecule has 0 radical (unpaired) electrons. The number of nitrogens with zero attached hydrogens (tertiary/aromatic N) is 4. The summed E-state index contributed by atoms with van der Waals surface area (Å²) in [7, 11) is 1.59. The van der Waals surface area contributed by atoms with Gasteiger partial charge < -0.3 is 34.6 Å². The second-order valence-electron chi connectivity index (χ2n) is 12.5. The molecular formula is C39H50N6O5. The zero-order valence-corrected chi connectivity index (χ0v) is 29.5. The lowest BCUT2D eigenvalue weighted by Gasteiger charge is -2.40. The van der Waals surface area contributed by atoms with E-state index in [1.165, 1.54) is 32.4 Å². The molecule has 1 atom stereocenters. The molecule has 266 valence electrons. The van der Waals surface area contributed by atoms with Gasteiger partial charge >= 0.3 is 6.09 Å². The van der Waals surface area contributed by atoms with Crippen LogP contribution < -0.4 is 25.0 Å². The zero-order chi connectivity index (χ0) is 35.1. The molecule has 0 spiro atoms. The van der Waals surface area contributed by atoms with Crippen molar-refractivity contribution in [1.82, 2.24) is 15.1 Å². The Kier molecular flexibility index (Phi) is 13.7. The van der Waals surface area contributed by atoms with E-state index in [2.05, 4.69) is 20.5 Å². The molecule has 2 N–H and O–H groups in total. The highest BCUT2D eigenvalue weighted by Gasteiger charge is 2.34. The van der Waals surface area contributed by atoms with Crippen LogP contribution >= 0.6 is 0 Å². The third-order valence-corrected chi connectivity index (χ3v) is 8.77. The first-order chi connectivity index (χ1) is 24.4. The maximum Gasteiger partial charge on any atom is 0.421 e. The van der Waals surface area contributed by atoms with Gasteiger partial charge in [0.1, 0.15) is 17.7 Å². The number of carbonyl (C=O) groups excluding carboxylic acids is 2. The van der Waals surface area contributed by atoms with Crippen LogP contribution in [0, 0.1) is 13.8 Å². The van der Waals surface area contributed by atoms with E-state index in [-0.39, 0.29) is 18.9 Å². The fourth-order valence-electron chi connectivity index (χ4n) is 6.17. The highest BCUT2D eigenvalue weighted by atomic mass is 16.6. The van der Waals surface area contributed by atoms with Crippen molar-refractivity contribution < 1.29 is 23.8 Å². The SMILES string of the molecule is COCCNC(=O)CCN1C(Nc2cccc(OCCCN3CCCCC3)c2)=NC=CC1N(C(=O)Oc1c(C)cccc1C)c1ccccc1. The molecule has 1 unspecified atom stereocenters. The number of likely N-dealkylation sites (tertiary alicyclic amines) is 1. The van der Waals surface area contributed by atoms with E-state index in [1.54, 1.807) is 18.2 Å². The number of methoxy groups -OCH3 is 1. The lowest BCUT2D eigenvalue weighted by molar-refractivity contribution is -0.121. The minimum absolute atomic E-state index is 0.140. The van der Waals surface area contributed by atoms with Gasteiger partial charge in [-0.25, -0.2) is 9.79 Å². The lowest BCUT2D eigenvalue weighted by Crippen LogP contribution is -2.56. The fraction of sp³-hybridized carbons (Fsp3) is 0.410. The Balaban J connectivity index is 1.36. The number of aryl methyl sites for hydroxylation is 2. The highest BCUT2D eigenvalue weighted by molar-refractivity contribution is 5.98. The number of guanidine groups is 1. The fourth-order valence-corrected chi connectivity index (χ4v) is 6.17. The van der Waals surface area contributed by atoms with E-state index < -0.39 is 12.3 Å². The third-order valence-electron chi connectivity index (χ3n) is 8.77. The molecule has 2 aliphatic rings. The Labute approximate surface area is 295 Å². The Morgan fingerprint density at radius 3 is 2.44 bits per heavy atom. The van der Waals surface area contributed by atoms with Crippen LogP contribution in [0.2, 0.25) is 0 Å². The van der Waals surface area contributed by atoms with Crippen molar-refractivity contribution in [2.45, 2.75) is 52.1 Å². The number of rotatable bonds is 15. The van der Waals surface area contributed by atoms with E-state index >= 15 is 0 Å². The predicted molar refractivity (Wildman–Crippen MR) is 198 cm³/mol. The first-order valence-electron chi connectivity index (χ1n) is 17.5. The quantitative estimate of drug-likeness (QED) is 0.179. The second-order valence-corrected chi connectivity index (χ2v) is 12.5. The van der Waals surface area contributed by atoms with Crippen LogP contribution in [-0.2, 0) is 9.53 Å². The van der Waals surface area contributed by atoms with Crippen LogP contribution in [0.1, 0.15) is 43.2 Å². The maximum atomic E-state index is 14.2. The number of piperidine rings is 1. The molecule has 1 fully saturated rings. The Morgan fingerprint density at radius 2 is 1.68 bits per heavy atom. The van der Waals surface area contributed by atoms with Gasteiger partial charge in [0, 0.05) is 56.8 Å². The molecule has 11 nitrogen and oxygen atoms in total. The first-order valence-corrected chi connectivity index (χ1v) is 17.5. The molecule has 2 aliphatic heterocycles. The average Bonchev–Trinajstić information content (AvgIpc) is 3.13. The van der Waals surface area contributed by atoms with Crippen LogP contribution in [0.4, 0.5) is 16.2 Å². The molecule has 50 heavy (non-hydrogen) atoms. The van der Waals surface area contributed by atoms with Crippen LogP contribution in [-0.4, -0.2) is 87.0 Å². The number of hydrogen-bond donors (Lipinski definition) is 2. The van der Waals surface area contributed by atoms with E-state index in [0.717, 1.165) is 35.5 Å². The number of ether oxygens (including phenoxy) is 3. The number of hydrogen-bond acceptors (Lipinski definition) is 9. The molecule has 1 saturated heterocycles. The summed E-state index contributed by atoms with van der Waals surface area (Å²) in [6.07, 6.45) is 7.28. The summed E-state index contributed by atoms with van der Waals surface area (Å²) in [5.41, 5.74) is 3.11. The first kappa shape index (κ1) is 36.4. The summed E-state index contributed by atoms with van der Waals surface area (Å²) < 4.78 is 17.3. The normalized spacial score (nSPS) is 16.0. The summed E-state index contributed by atoms with van der Waals surface area (Å²) in [5, 5.41) is 6.33. The summed E-state index contributed by atoms with van der Waals surface area (Å²) in [6.45, 7) is 8.92. The molecule has 2 amide bonds. The van der Waals surface area contributed by atoms with Gasteiger partial charge in [0.2, 0.25) is 11.9 Å². The Morgan fingerprint density at radius 1 is 0.920 bits per heavy atom. The molecule has 2 heterocycles. The molecule has 0 aromatic heterocycles. The van der Waals surface area contributed by atoms with E-state index in [1.807, 2.05) is 97.6 Å². The molecule has 3 aromatic rings. The third kappa shape index (κ3) is 10.3. The number of benzene rings is 3. The van der Waals surface area contributed by atoms with Crippen molar-refractivity contribution in [3.05, 3.63) is 96.2 Å². The average molecular weight is 683 g/mol. The maximum absolute atomic E-state index is 14.2. The van der Waals surface area contributed by atoms with Crippen molar-refractivity contribution in [2.75, 3.05) is 63.3 Å². The molecule has 0 saturated carbocycles. The summed E-state index contributed by atoms with van der Waals surface area (Å²) in [6, 6.07) is 22.9. The van der Waals surface area contributed by atoms with Gasteiger partial charge in [0.05, 0.1) is 13.2 Å². The minimum Gasteiger partial charge on any atom is -0.493 e. The van der Waals surface area contributed by atoms with Crippen LogP contribution in [0.3, 0.4) is 0 Å². The smallest absolute Gasteiger partial charge is 0.421 e. The van der Waals surface area contributed by atoms with Gasteiger partial charge in [-0.1, -0.05) is 48.9 Å². The van der Waals surface area contributed by atoms with Gasteiger partial charge in [-0.2, -0.15) is 0 Å². The topological polar surface area (TPSA) is 108 Å². The molecule has 0 bridgehead atoms. The molecular weight excluding hydrogens is 632 g/mol. The Hall–Kier alpha value is -4.87. The number of anilines is 2. The van der Waals surface area contributed by atoms with Crippen molar-refractivity contribution in [2.24, 2.45) is 4.99 Å². The molecule has 0 aliphatic carbocycles. The van der Waals surface area contributed by atoms with E-state index in [4.69, 9.17) is 14.2 Å². The van der Waals surface area contributed by atoms with Crippen molar-refractivity contribution in [3.8, 4) is 11.5 Å². The van der Waals surface area contributed by atoms with Gasteiger partial charge in [0.15, 0.2) is 0 Å². The van der Waals surface area contributed by atoms with Gasteiger partial charge in [-0.15, -0.1) is 0 Å². The summed E-state index contributed by atoms with van der Waals surface area (Å²) in [4.78, 5) is 37.8. The van der Waals surface area contributed by atoms with Gasteiger partial charge in [0.25, 0.3) is 0 Å².